The smallest absolute Gasteiger partial charge is 0.444 e. The van der Waals surface area contributed by atoms with Crippen LogP contribution in [0.2, 0.25) is 0 Å². The molecule has 3 aliphatic rings. The number of hydrogen-bond acceptors (Lipinski definition) is 8. The third-order valence-corrected chi connectivity index (χ3v) is 7.70. The van der Waals surface area contributed by atoms with Gasteiger partial charge in [0, 0.05) is 19.2 Å². The summed E-state index contributed by atoms with van der Waals surface area (Å²) in [5, 5.41) is 12.1. The van der Waals surface area contributed by atoms with Gasteiger partial charge in [-0.05, 0) is 82.5 Å². The van der Waals surface area contributed by atoms with E-state index in [2.05, 4.69) is 29.6 Å². The molecule has 0 spiro atoms. The summed E-state index contributed by atoms with van der Waals surface area (Å²) in [6.07, 6.45) is 6.72. The lowest BCUT2D eigenvalue weighted by molar-refractivity contribution is -0.111. The maximum absolute atomic E-state index is 11.6. The molecule has 2 saturated heterocycles. The van der Waals surface area contributed by atoms with E-state index >= 15 is 0 Å². The average Bonchev–Trinajstić information content (AvgIpc) is 3.70. The van der Waals surface area contributed by atoms with E-state index in [1.165, 1.54) is 34.4 Å². The number of nitrogens with one attached hydrogen (secondary N) is 1. The first-order valence-corrected chi connectivity index (χ1v) is 16.6. The Kier molecular flexibility index (Phi) is 15.6. The number of amides is 1. The van der Waals surface area contributed by atoms with E-state index in [1.54, 1.807) is 0 Å². The Hall–Kier alpha value is -3.04. The minimum absolute atomic E-state index is 0.240. The number of aldehydes is 1. The molecule has 10 nitrogen and oxygen atoms in total. The zero-order chi connectivity index (χ0) is 34.4. The summed E-state index contributed by atoms with van der Waals surface area (Å²) < 4.78 is 68.6. The second kappa shape index (κ2) is 18.3. The zero-order valence-electron chi connectivity index (χ0n) is 26.4. The number of carbonyl (C=O) groups excluding carboxylic acids is 2. The lowest BCUT2D eigenvalue weighted by atomic mass is 9.93. The van der Waals surface area contributed by atoms with Gasteiger partial charge < -0.3 is 24.7 Å². The Morgan fingerprint density at radius 2 is 1.70 bits per heavy atom. The molecule has 2 aromatic rings. The number of nitrogens with zero attached hydrogens (tertiary/aromatic N) is 1. The van der Waals surface area contributed by atoms with E-state index in [9.17, 15) is 22.8 Å². The van der Waals surface area contributed by atoms with Crippen molar-refractivity contribution in [3.8, 4) is 0 Å². The van der Waals surface area contributed by atoms with Gasteiger partial charge in [0.1, 0.15) is 11.9 Å². The first-order valence-electron chi connectivity index (χ1n) is 15.1. The Morgan fingerprint density at radius 1 is 1.07 bits per heavy atom. The molecule has 0 saturated carbocycles. The van der Waals surface area contributed by atoms with Gasteiger partial charge in [0.15, 0.2) is 0 Å². The minimum Gasteiger partial charge on any atom is -0.444 e. The van der Waals surface area contributed by atoms with Gasteiger partial charge in [-0.3, -0.25) is 9.45 Å². The van der Waals surface area contributed by atoms with Gasteiger partial charge in [0.25, 0.3) is 0 Å². The monoisotopic (exact) mass is 674 g/mol. The fourth-order valence-corrected chi connectivity index (χ4v) is 4.98. The number of rotatable bonds is 4. The molecular formula is C32H45F3N2O8S. The number of alkyl halides is 3. The zero-order valence-corrected chi connectivity index (χ0v) is 27.2. The fraction of sp³-hybridized carbons (Fsp3) is 0.562. The summed E-state index contributed by atoms with van der Waals surface area (Å²) in [5.41, 5.74) is -1.95. The molecule has 2 fully saturated rings. The van der Waals surface area contributed by atoms with Gasteiger partial charge in [0.2, 0.25) is 0 Å². The summed E-state index contributed by atoms with van der Waals surface area (Å²) in [6, 6.07) is 18.9. The number of carbonyl (C=O) groups is 2. The summed E-state index contributed by atoms with van der Waals surface area (Å²) >= 11 is 0. The first-order chi connectivity index (χ1) is 21.6. The third-order valence-electron chi connectivity index (χ3n) is 7.11. The van der Waals surface area contributed by atoms with Crippen molar-refractivity contribution in [2.75, 3.05) is 26.3 Å². The molecule has 5 rings (SSSR count). The molecule has 46 heavy (non-hydrogen) atoms. The normalized spacial score (nSPS) is 20.9. The van der Waals surface area contributed by atoms with E-state index in [4.69, 9.17) is 27.6 Å². The van der Waals surface area contributed by atoms with Crippen molar-refractivity contribution < 1.29 is 50.3 Å². The Morgan fingerprint density at radius 3 is 2.24 bits per heavy atom. The molecule has 3 aliphatic heterocycles. The number of hydrogen-bond donors (Lipinski definition) is 3. The van der Waals surface area contributed by atoms with Crippen LogP contribution in [0.5, 0.6) is 0 Å². The SMILES string of the molecule is CC(C)(C)OC(=O)N1CCC[C@H]1C=O.O=S(=O)(O)C(F)(F)F.OCCc1ccccc1.c1ccc2c(c1)CCOC2[C@@H]1CCCN1. The molecule has 0 aliphatic carbocycles. The predicted molar refractivity (Wildman–Crippen MR) is 167 cm³/mol. The number of benzene rings is 2. The molecule has 258 valence electrons. The molecule has 1 unspecified atom stereocenters. The van der Waals surface area contributed by atoms with Crippen molar-refractivity contribution in [1.29, 1.82) is 0 Å². The van der Waals surface area contributed by atoms with Gasteiger partial charge in [-0.2, -0.15) is 21.6 Å². The van der Waals surface area contributed by atoms with Crippen molar-refractivity contribution >= 4 is 22.5 Å². The molecular weight excluding hydrogens is 629 g/mol. The second-order valence-corrected chi connectivity index (χ2v) is 13.3. The van der Waals surface area contributed by atoms with Crippen molar-refractivity contribution in [2.45, 2.75) is 88.6 Å². The fourth-order valence-electron chi connectivity index (χ4n) is 4.98. The maximum Gasteiger partial charge on any atom is 0.522 e. The van der Waals surface area contributed by atoms with E-state index in [-0.39, 0.29) is 24.8 Å². The predicted octanol–water partition coefficient (Wildman–Crippen LogP) is 5.25. The van der Waals surface area contributed by atoms with Crippen molar-refractivity contribution in [1.82, 2.24) is 10.2 Å². The van der Waals surface area contributed by atoms with Crippen LogP contribution in [0.3, 0.4) is 0 Å². The molecule has 3 N–H and O–H groups in total. The molecule has 0 radical (unpaired) electrons. The largest absolute Gasteiger partial charge is 0.522 e. The highest BCUT2D eigenvalue weighted by atomic mass is 32.2. The average molecular weight is 675 g/mol. The summed E-state index contributed by atoms with van der Waals surface area (Å²) in [4.78, 5) is 23.7. The van der Waals surface area contributed by atoms with E-state index in [0.29, 0.717) is 12.6 Å². The van der Waals surface area contributed by atoms with Crippen molar-refractivity contribution in [3.05, 3.63) is 71.3 Å². The summed E-state index contributed by atoms with van der Waals surface area (Å²) in [5.74, 6) is 0. The lowest BCUT2D eigenvalue weighted by Gasteiger charge is -2.30. The molecule has 0 aromatic heterocycles. The number of aliphatic hydroxyl groups excluding tert-OH is 1. The molecule has 3 atom stereocenters. The number of likely N-dealkylation sites (tertiary alicyclic amines) is 1. The van der Waals surface area contributed by atoms with Gasteiger partial charge in [-0.15, -0.1) is 0 Å². The molecule has 2 aromatic carbocycles. The van der Waals surface area contributed by atoms with Gasteiger partial charge >= 0.3 is 21.7 Å². The topological polar surface area (TPSA) is 142 Å². The molecule has 0 bridgehead atoms. The van der Waals surface area contributed by atoms with E-state index < -0.39 is 21.2 Å². The molecule has 3 heterocycles. The van der Waals surface area contributed by atoms with Crippen LogP contribution in [-0.4, -0.2) is 84.9 Å². The van der Waals surface area contributed by atoms with Gasteiger partial charge in [0.05, 0.1) is 18.8 Å². The first kappa shape index (κ1) is 39.1. The molecule has 1 amide bonds. The Balaban J connectivity index is 0.000000221. The van der Waals surface area contributed by atoms with Crippen LogP contribution < -0.4 is 5.32 Å². The highest BCUT2D eigenvalue weighted by Crippen LogP contribution is 2.32. The van der Waals surface area contributed by atoms with Gasteiger partial charge in [-0.25, -0.2) is 4.79 Å². The van der Waals surface area contributed by atoms with Crippen LogP contribution in [0.25, 0.3) is 0 Å². The van der Waals surface area contributed by atoms with Crippen LogP contribution in [0.15, 0.2) is 54.6 Å². The van der Waals surface area contributed by atoms with E-state index in [0.717, 1.165) is 45.1 Å². The highest BCUT2D eigenvalue weighted by Gasteiger charge is 2.44. The van der Waals surface area contributed by atoms with Crippen LogP contribution in [0, 0.1) is 0 Å². The molecule has 14 heteroatoms. The Labute approximate surface area is 269 Å². The Bertz CT molecular complexity index is 1310. The quantitative estimate of drug-likeness (QED) is 0.225. The number of ether oxygens (including phenoxy) is 2. The van der Waals surface area contributed by atoms with Crippen LogP contribution in [0.1, 0.15) is 69.2 Å². The van der Waals surface area contributed by atoms with Crippen LogP contribution in [0.4, 0.5) is 18.0 Å². The second-order valence-electron chi connectivity index (χ2n) is 11.8. The number of fused-ring (bicyclic) bond motifs is 1. The summed E-state index contributed by atoms with van der Waals surface area (Å²) in [6.45, 7) is 8.33. The summed E-state index contributed by atoms with van der Waals surface area (Å²) in [7, 11) is -5.84. The number of halogens is 3. The van der Waals surface area contributed by atoms with Crippen molar-refractivity contribution in [3.63, 3.8) is 0 Å². The number of aliphatic hydroxyl groups is 1. The minimum atomic E-state index is -5.84. The van der Waals surface area contributed by atoms with Gasteiger partial charge in [-0.1, -0.05) is 54.6 Å². The maximum atomic E-state index is 11.6. The highest BCUT2D eigenvalue weighted by molar-refractivity contribution is 7.86. The van der Waals surface area contributed by atoms with E-state index in [1.807, 2.05) is 51.1 Å². The van der Waals surface area contributed by atoms with Crippen LogP contribution in [-0.2, 0) is 37.2 Å². The van der Waals surface area contributed by atoms with Crippen LogP contribution >= 0.6 is 0 Å². The standard InChI is InChI=1S/C13H17NO.C10H17NO3.C8H10O.CHF3O3S/c1-2-5-11-10(4-1)7-9-15-13(11)12-6-3-8-14-12;1-10(2,3)14-9(13)11-6-4-5-8(11)7-12;9-7-6-8-4-2-1-3-5-8;2-1(3,4)8(5,6)7/h1-2,4-5,12-14H,3,6-9H2;7-8H,4-6H2,1-3H3;1-5,9H,6-7H2;(H,5,6,7)/t12-,13?;8-;;/m00../s1. The third kappa shape index (κ3) is 13.4. The van der Waals surface area contributed by atoms with Crippen molar-refractivity contribution in [2.24, 2.45) is 0 Å². The lowest BCUT2D eigenvalue weighted by Crippen LogP contribution is -2.40.